The molecule has 2 aliphatic rings. The molecule has 1 amide bonds. The van der Waals surface area contributed by atoms with E-state index in [1.165, 1.54) is 17.7 Å². The van der Waals surface area contributed by atoms with Gasteiger partial charge in [-0.25, -0.2) is 14.8 Å². The van der Waals surface area contributed by atoms with Crippen molar-refractivity contribution in [1.29, 1.82) is 0 Å². The van der Waals surface area contributed by atoms with Gasteiger partial charge in [0.15, 0.2) is 0 Å². The van der Waals surface area contributed by atoms with Crippen LogP contribution in [0, 0.1) is 0 Å². The van der Waals surface area contributed by atoms with E-state index in [1.54, 1.807) is 40.1 Å². The van der Waals surface area contributed by atoms with Crippen LogP contribution >= 0.6 is 0 Å². The standard InChI is InChI=1S/C27H32N4O7/c1-16(32)29-24-10-19-20(12-31(22(19)11-28-24)25(33)38-26(2,3)4)21-8-17(37-18-13-36-14-18)9-23(30-21)27(34-5)6-7-35-15-27/h8-12,18H,6-7,13-15H2,1-5H3,(H,28,29,32). The van der Waals surface area contributed by atoms with Gasteiger partial charge in [0, 0.05) is 56.3 Å². The number of rotatable bonds is 6. The van der Waals surface area contributed by atoms with Gasteiger partial charge in [-0.1, -0.05) is 0 Å². The van der Waals surface area contributed by atoms with E-state index in [4.69, 9.17) is 28.7 Å². The molecule has 5 rings (SSSR count). The molecular weight excluding hydrogens is 492 g/mol. The maximum absolute atomic E-state index is 13.2. The van der Waals surface area contributed by atoms with E-state index in [-0.39, 0.29) is 12.0 Å². The quantitative estimate of drug-likeness (QED) is 0.512. The number of nitrogens with one attached hydrogen (secondary N) is 1. The minimum Gasteiger partial charge on any atom is -0.485 e. The Morgan fingerprint density at radius 2 is 1.97 bits per heavy atom. The summed E-state index contributed by atoms with van der Waals surface area (Å²) in [5.74, 6) is 0.702. The van der Waals surface area contributed by atoms with Crippen molar-refractivity contribution in [2.75, 3.05) is 38.9 Å². The molecule has 0 saturated carbocycles. The average Bonchev–Trinajstić information content (AvgIpc) is 3.45. The van der Waals surface area contributed by atoms with Gasteiger partial charge in [0.1, 0.15) is 28.9 Å². The molecule has 1 unspecified atom stereocenters. The fraction of sp³-hybridized carbons (Fsp3) is 0.481. The average molecular weight is 525 g/mol. The van der Waals surface area contributed by atoms with Crippen molar-refractivity contribution in [3.05, 3.63) is 36.3 Å². The second kappa shape index (κ2) is 9.97. The summed E-state index contributed by atoms with van der Waals surface area (Å²) in [4.78, 5) is 34.2. The van der Waals surface area contributed by atoms with E-state index in [0.717, 1.165) is 0 Å². The molecule has 1 atom stereocenters. The van der Waals surface area contributed by atoms with Gasteiger partial charge in [-0.2, -0.15) is 0 Å². The predicted octanol–water partition coefficient (Wildman–Crippen LogP) is 3.88. The second-order valence-electron chi connectivity index (χ2n) is 10.5. The van der Waals surface area contributed by atoms with Crippen molar-refractivity contribution < 1.29 is 33.3 Å². The molecule has 1 N–H and O–H groups in total. The summed E-state index contributed by atoms with van der Waals surface area (Å²) < 4.78 is 30.1. The maximum Gasteiger partial charge on any atom is 0.419 e. The van der Waals surface area contributed by atoms with Crippen LogP contribution in [-0.2, 0) is 29.3 Å². The van der Waals surface area contributed by atoms with E-state index in [2.05, 4.69) is 10.3 Å². The van der Waals surface area contributed by atoms with Crippen LogP contribution in [0.25, 0.3) is 22.2 Å². The summed E-state index contributed by atoms with van der Waals surface area (Å²) >= 11 is 0. The Morgan fingerprint density at radius 3 is 2.58 bits per heavy atom. The molecule has 2 aliphatic heterocycles. The summed E-state index contributed by atoms with van der Waals surface area (Å²) in [6.45, 7) is 8.75. The lowest BCUT2D eigenvalue weighted by molar-refractivity contribution is -0.114. The first kappa shape index (κ1) is 26.1. The van der Waals surface area contributed by atoms with Crippen LogP contribution in [0.1, 0.15) is 39.8 Å². The Labute approximate surface area is 220 Å². The van der Waals surface area contributed by atoms with Gasteiger partial charge in [-0.3, -0.25) is 9.36 Å². The topological polar surface area (TPSA) is 123 Å². The molecule has 2 fully saturated rings. The number of hydrogen-bond donors (Lipinski definition) is 1. The molecular formula is C27H32N4O7. The Morgan fingerprint density at radius 1 is 1.18 bits per heavy atom. The molecule has 11 heteroatoms. The zero-order valence-electron chi connectivity index (χ0n) is 22.2. The molecule has 0 aromatic carbocycles. The van der Waals surface area contributed by atoms with Gasteiger partial charge < -0.3 is 29.0 Å². The highest BCUT2D eigenvalue weighted by molar-refractivity contribution is 6.02. The monoisotopic (exact) mass is 524 g/mol. The summed E-state index contributed by atoms with van der Waals surface area (Å²) in [5.41, 5.74) is 0.955. The van der Waals surface area contributed by atoms with Crippen molar-refractivity contribution in [1.82, 2.24) is 14.5 Å². The fourth-order valence-electron chi connectivity index (χ4n) is 4.47. The Hall–Kier alpha value is -3.54. The lowest BCUT2D eigenvalue weighted by Gasteiger charge is -2.29. The molecule has 11 nitrogen and oxygen atoms in total. The number of ether oxygens (including phenoxy) is 5. The number of pyridine rings is 2. The lowest BCUT2D eigenvalue weighted by atomic mass is 9.96. The molecule has 3 aromatic heterocycles. The minimum atomic E-state index is -0.726. The molecule has 0 bridgehead atoms. The summed E-state index contributed by atoms with van der Waals surface area (Å²) in [5, 5.41) is 3.36. The number of hydrogen-bond acceptors (Lipinski definition) is 9. The van der Waals surface area contributed by atoms with Crippen LogP contribution in [0.4, 0.5) is 10.6 Å². The van der Waals surface area contributed by atoms with Crippen LogP contribution in [0.5, 0.6) is 5.75 Å². The number of aromatic nitrogens is 3. The van der Waals surface area contributed by atoms with Gasteiger partial charge >= 0.3 is 6.09 Å². The molecule has 0 radical (unpaired) electrons. The van der Waals surface area contributed by atoms with E-state index < -0.39 is 17.3 Å². The minimum absolute atomic E-state index is 0.0601. The maximum atomic E-state index is 13.2. The molecule has 202 valence electrons. The third kappa shape index (κ3) is 5.22. The van der Waals surface area contributed by atoms with E-state index in [9.17, 15) is 9.59 Å². The number of amides is 1. The number of fused-ring (bicyclic) bond motifs is 1. The van der Waals surface area contributed by atoms with Crippen LogP contribution in [0.2, 0.25) is 0 Å². The SMILES string of the molecule is COC1(c2cc(OC3COC3)cc(-c3cn(C(=O)OC(C)(C)C)c4cnc(NC(C)=O)cc34)n2)CCOC1. The molecule has 5 heterocycles. The largest absolute Gasteiger partial charge is 0.485 e. The second-order valence-corrected chi connectivity index (χ2v) is 10.5. The molecule has 38 heavy (non-hydrogen) atoms. The molecule has 2 saturated heterocycles. The van der Waals surface area contributed by atoms with Crippen LogP contribution in [0.3, 0.4) is 0 Å². The molecule has 0 aliphatic carbocycles. The zero-order valence-corrected chi connectivity index (χ0v) is 22.2. The van der Waals surface area contributed by atoms with Crippen molar-refractivity contribution in [3.8, 4) is 17.0 Å². The van der Waals surface area contributed by atoms with Crippen molar-refractivity contribution in [2.45, 2.75) is 51.4 Å². The highest BCUT2D eigenvalue weighted by Crippen LogP contribution is 2.39. The van der Waals surface area contributed by atoms with E-state index in [1.807, 2.05) is 12.1 Å². The van der Waals surface area contributed by atoms with Gasteiger partial charge in [0.25, 0.3) is 0 Å². The van der Waals surface area contributed by atoms with Gasteiger partial charge in [-0.15, -0.1) is 0 Å². The highest BCUT2D eigenvalue weighted by Gasteiger charge is 2.39. The number of methoxy groups -OCH3 is 1. The Balaban J connectivity index is 1.68. The van der Waals surface area contributed by atoms with Crippen molar-refractivity contribution in [3.63, 3.8) is 0 Å². The van der Waals surface area contributed by atoms with Gasteiger partial charge in [0.05, 0.1) is 42.9 Å². The van der Waals surface area contributed by atoms with Gasteiger partial charge in [0.2, 0.25) is 5.91 Å². The smallest absolute Gasteiger partial charge is 0.419 e. The third-order valence-corrected chi connectivity index (χ3v) is 6.41. The van der Waals surface area contributed by atoms with Crippen LogP contribution in [0.15, 0.2) is 30.6 Å². The number of anilines is 1. The number of carbonyl (C=O) groups is 2. The van der Waals surface area contributed by atoms with Crippen LogP contribution in [-0.4, -0.2) is 71.8 Å². The Kier molecular flexibility index (Phi) is 6.84. The summed E-state index contributed by atoms with van der Waals surface area (Å²) in [6.07, 6.45) is 3.23. The lowest BCUT2D eigenvalue weighted by Crippen LogP contribution is -2.38. The Bertz CT molecular complexity index is 1370. The van der Waals surface area contributed by atoms with E-state index >= 15 is 0 Å². The first-order valence-electron chi connectivity index (χ1n) is 12.5. The highest BCUT2D eigenvalue weighted by atomic mass is 16.6. The zero-order chi connectivity index (χ0) is 27.1. The van der Waals surface area contributed by atoms with Crippen molar-refractivity contribution in [2.24, 2.45) is 0 Å². The predicted molar refractivity (Wildman–Crippen MR) is 138 cm³/mol. The fourth-order valence-corrected chi connectivity index (χ4v) is 4.47. The van der Waals surface area contributed by atoms with E-state index in [0.29, 0.717) is 72.3 Å². The summed E-state index contributed by atoms with van der Waals surface area (Å²) in [6, 6.07) is 5.41. The van der Waals surface area contributed by atoms with Gasteiger partial charge in [-0.05, 0) is 26.8 Å². The normalized spacial score (nSPS) is 19.8. The number of nitrogens with zero attached hydrogens (tertiary/aromatic N) is 3. The first-order valence-corrected chi connectivity index (χ1v) is 12.5. The van der Waals surface area contributed by atoms with Crippen molar-refractivity contribution >= 4 is 28.7 Å². The number of carbonyl (C=O) groups excluding carboxylic acids is 2. The molecule has 0 spiro atoms. The third-order valence-electron chi connectivity index (χ3n) is 6.41. The first-order chi connectivity index (χ1) is 18.1. The summed E-state index contributed by atoms with van der Waals surface area (Å²) in [7, 11) is 1.64. The van der Waals surface area contributed by atoms with Crippen LogP contribution < -0.4 is 10.1 Å². The molecule has 3 aromatic rings.